The smallest absolute Gasteiger partial charge is 0.335 e. The zero-order chi connectivity index (χ0) is 20.4. The van der Waals surface area contributed by atoms with Gasteiger partial charge in [0.1, 0.15) is 6.61 Å². The lowest BCUT2D eigenvalue weighted by atomic mass is 10.1. The van der Waals surface area contributed by atoms with Crippen LogP contribution in [-0.2, 0) is 0 Å². The average molecular weight is 410 g/mol. The predicted molar refractivity (Wildman–Crippen MR) is 110 cm³/mol. The van der Waals surface area contributed by atoms with Gasteiger partial charge in [0.15, 0.2) is 11.6 Å². The van der Waals surface area contributed by atoms with E-state index in [0.717, 1.165) is 0 Å². The molecule has 2 aromatic carbocycles. The summed E-state index contributed by atoms with van der Waals surface area (Å²) in [6, 6.07) is 14.7. The van der Waals surface area contributed by atoms with Crippen LogP contribution in [0.15, 0.2) is 60.8 Å². The van der Waals surface area contributed by atoms with Crippen LogP contribution in [0.4, 0.5) is 17.2 Å². The third kappa shape index (κ3) is 3.72. The molecule has 2 heterocycles. The number of carbonyl (C=O) groups excluding carboxylic acids is 1. The third-order valence-electron chi connectivity index (χ3n) is 4.48. The Kier molecular flexibility index (Phi) is 5.05. The van der Waals surface area contributed by atoms with E-state index in [1.54, 1.807) is 30.5 Å². The summed E-state index contributed by atoms with van der Waals surface area (Å²) in [6.45, 7) is 0.920. The number of hydrogen-bond donors (Lipinski definition) is 2. The molecule has 29 heavy (non-hydrogen) atoms. The van der Waals surface area contributed by atoms with E-state index in [1.165, 1.54) is 24.3 Å². The number of amides is 1. The van der Waals surface area contributed by atoms with Crippen molar-refractivity contribution in [2.45, 2.75) is 0 Å². The molecule has 2 N–H and O–H groups in total. The average Bonchev–Trinajstić information content (AvgIpc) is 2.73. The molecule has 1 aliphatic heterocycles. The number of nitrogens with zero attached hydrogens (tertiary/aromatic N) is 2. The van der Waals surface area contributed by atoms with Crippen LogP contribution < -0.4 is 15.0 Å². The van der Waals surface area contributed by atoms with Crippen molar-refractivity contribution in [2.75, 3.05) is 23.4 Å². The maximum absolute atomic E-state index is 12.8. The highest BCUT2D eigenvalue weighted by Gasteiger charge is 2.26. The minimum Gasteiger partial charge on any atom is -0.489 e. The minimum atomic E-state index is -1.03. The number of benzene rings is 2. The Morgan fingerprint density at radius 1 is 1.10 bits per heavy atom. The van der Waals surface area contributed by atoms with E-state index in [-0.39, 0.29) is 11.5 Å². The molecule has 1 amide bonds. The highest BCUT2D eigenvalue weighted by molar-refractivity contribution is 6.33. The van der Waals surface area contributed by atoms with E-state index in [0.29, 0.717) is 46.7 Å². The molecular weight excluding hydrogens is 394 g/mol. The first-order chi connectivity index (χ1) is 14.0. The van der Waals surface area contributed by atoms with Crippen LogP contribution in [0.2, 0.25) is 5.02 Å². The van der Waals surface area contributed by atoms with Gasteiger partial charge >= 0.3 is 5.97 Å². The molecule has 3 aromatic rings. The number of halogens is 1. The number of carboxylic acid groups (broad SMARTS) is 1. The molecule has 0 bridgehead atoms. The van der Waals surface area contributed by atoms with Crippen LogP contribution in [0.1, 0.15) is 20.7 Å². The number of ether oxygens (including phenoxy) is 1. The van der Waals surface area contributed by atoms with Gasteiger partial charge in [-0.2, -0.15) is 0 Å². The van der Waals surface area contributed by atoms with E-state index in [4.69, 9.17) is 21.4 Å². The molecule has 1 aliphatic rings. The maximum atomic E-state index is 12.8. The normalized spacial score (nSPS) is 12.7. The summed E-state index contributed by atoms with van der Waals surface area (Å²) >= 11 is 6.30. The van der Waals surface area contributed by atoms with Gasteiger partial charge in [-0.25, -0.2) is 9.78 Å². The van der Waals surface area contributed by atoms with E-state index in [2.05, 4.69) is 10.3 Å². The lowest BCUT2D eigenvalue weighted by Gasteiger charge is -2.31. The summed E-state index contributed by atoms with van der Waals surface area (Å²) < 4.78 is 5.80. The fourth-order valence-corrected chi connectivity index (χ4v) is 3.34. The first-order valence-electron chi connectivity index (χ1n) is 8.83. The van der Waals surface area contributed by atoms with Crippen molar-refractivity contribution in [1.82, 2.24) is 4.98 Å². The van der Waals surface area contributed by atoms with E-state index >= 15 is 0 Å². The fourth-order valence-electron chi connectivity index (χ4n) is 3.12. The zero-order valence-corrected chi connectivity index (χ0v) is 15.9. The van der Waals surface area contributed by atoms with Crippen molar-refractivity contribution in [3.05, 3.63) is 76.9 Å². The number of aromatic carboxylic acids is 1. The predicted octanol–water partition coefficient (Wildman–Crippen LogP) is 4.22. The molecule has 0 fully saturated rings. The molecule has 0 spiro atoms. The van der Waals surface area contributed by atoms with Gasteiger partial charge in [-0.05, 0) is 48.5 Å². The SMILES string of the molecule is O=C(O)c1ccc(NC(=O)c2cccc3c2OCCN3c2ncccc2Cl)cc1. The monoisotopic (exact) mass is 409 g/mol. The summed E-state index contributed by atoms with van der Waals surface area (Å²) in [4.78, 5) is 30.1. The van der Waals surface area contributed by atoms with Crippen molar-refractivity contribution in [2.24, 2.45) is 0 Å². The van der Waals surface area contributed by atoms with Gasteiger partial charge < -0.3 is 20.1 Å². The van der Waals surface area contributed by atoms with Crippen LogP contribution in [0.3, 0.4) is 0 Å². The number of carbonyl (C=O) groups is 2. The Hall–Kier alpha value is -3.58. The van der Waals surface area contributed by atoms with Gasteiger partial charge in [0, 0.05) is 11.9 Å². The van der Waals surface area contributed by atoms with E-state index in [1.807, 2.05) is 11.0 Å². The molecule has 8 heteroatoms. The topological polar surface area (TPSA) is 91.8 Å². The van der Waals surface area contributed by atoms with Crippen molar-refractivity contribution >= 4 is 40.7 Å². The summed E-state index contributed by atoms with van der Waals surface area (Å²) in [5.41, 5.74) is 1.69. The summed E-state index contributed by atoms with van der Waals surface area (Å²) in [5.74, 6) is -0.346. The Morgan fingerprint density at radius 3 is 2.62 bits per heavy atom. The molecule has 0 atom stereocenters. The van der Waals surface area contributed by atoms with Crippen LogP contribution in [-0.4, -0.2) is 35.1 Å². The number of rotatable bonds is 4. The number of nitrogens with one attached hydrogen (secondary N) is 1. The standard InChI is InChI=1S/C21H16ClN3O4/c22-16-4-2-10-23-19(16)25-11-12-29-18-15(3-1-5-17(18)25)20(26)24-14-8-6-13(7-9-14)21(27)28/h1-10H,11-12H2,(H,24,26)(H,27,28). The fraction of sp³-hybridized carbons (Fsp3) is 0.0952. The second-order valence-corrected chi connectivity index (χ2v) is 6.71. The molecule has 1 aromatic heterocycles. The number of carboxylic acids is 1. The quantitative estimate of drug-likeness (QED) is 0.670. The zero-order valence-electron chi connectivity index (χ0n) is 15.1. The van der Waals surface area contributed by atoms with Crippen LogP contribution in [0.5, 0.6) is 5.75 Å². The Morgan fingerprint density at radius 2 is 1.90 bits per heavy atom. The van der Waals surface area contributed by atoms with Crippen LogP contribution >= 0.6 is 11.6 Å². The number of anilines is 3. The Labute approximate surface area is 171 Å². The summed E-state index contributed by atoms with van der Waals surface area (Å²) in [6.07, 6.45) is 1.66. The molecule has 146 valence electrons. The van der Waals surface area contributed by atoms with Gasteiger partial charge in [-0.1, -0.05) is 17.7 Å². The van der Waals surface area contributed by atoms with Crippen molar-refractivity contribution in [3.63, 3.8) is 0 Å². The minimum absolute atomic E-state index is 0.145. The second kappa shape index (κ2) is 7.81. The van der Waals surface area contributed by atoms with Crippen LogP contribution in [0, 0.1) is 0 Å². The molecule has 0 unspecified atom stereocenters. The molecular formula is C21H16ClN3O4. The highest BCUT2D eigenvalue weighted by Crippen LogP contribution is 2.40. The number of aromatic nitrogens is 1. The molecule has 7 nitrogen and oxygen atoms in total. The summed E-state index contributed by atoms with van der Waals surface area (Å²) in [5, 5.41) is 12.3. The Balaban J connectivity index is 1.64. The number of pyridine rings is 1. The largest absolute Gasteiger partial charge is 0.489 e. The number of hydrogen-bond acceptors (Lipinski definition) is 5. The third-order valence-corrected chi connectivity index (χ3v) is 4.77. The molecule has 0 radical (unpaired) electrons. The maximum Gasteiger partial charge on any atom is 0.335 e. The van der Waals surface area contributed by atoms with Gasteiger partial charge in [-0.15, -0.1) is 0 Å². The first kappa shape index (κ1) is 18.8. The Bertz CT molecular complexity index is 1090. The highest BCUT2D eigenvalue weighted by atomic mass is 35.5. The van der Waals surface area contributed by atoms with Crippen molar-refractivity contribution in [1.29, 1.82) is 0 Å². The molecule has 0 saturated heterocycles. The van der Waals surface area contributed by atoms with Crippen molar-refractivity contribution in [3.8, 4) is 5.75 Å². The summed E-state index contributed by atoms with van der Waals surface area (Å²) in [7, 11) is 0. The lowest BCUT2D eigenvalue weighted by Crippen LogP contribution is -2.30. The number of para-hydroxylation sites is 1. The first-order valence-corrected chi connectivity index (χ1v) is 9.21. The number of fused-ring (bicyclic) bond motifs is 1. The van der Waals surface area contributed by atoms with Crippen molar-refractivity contribution < 1.29 is 19.4 Å². The van der Waals surface area contributed by atoms with Gasteiger partial charge in [0.05, 0.1) is 28.4 Å². The second-order valence-electron chi connectivity index (χ2n) is 6.30. The van der Waals surface area contributed by atoms with Gasteiger partial charge in [0.25, 0.3) is 5.91 Å². The molecule has 0 saturated carbocycles. The van der Waals surface area contributed by atoms with Gasteiger partial charge in [0.2, 0.25) is 0 Å². The molecule has 4 rings (SSSR count). The van der Waals surface area contributed by atoms with Crippen LogP contribution in [0.25, 0.3) is 0 Å². The van der Waals surface area contributed by atoms with E-state index in [9.17, 15) is 9.59 Å². The lowest BCUT2D eigenvalue weighted by molar-refractivity contribution is 0.0696. The van der Waals surface area contributed by atoms with E-state index < -0.39 is 5.97 Å². The molecule has 0 aliphatic carbocycles. The van der Waals surface area contributed by atoms with Gasteiger partial charge in [-0.3, -0.25) is 4.79 Å².